The fourth-order valence-electron chi connectivity index (χ4n) is 1.30. The lowest BCUT2D eigenvalue weighted by Crippen LogP contribution is -2.14. The van der Waals surface area contributed by atoms with Crippen LogP contribution in [0.1, 0.15) is 13.3 Å². The van der Waals surface area contributed by atoms with Gasteiger partial charge in [-0.2, -0.15) is 0 Å². The predicted octanol–water partition coefficient (Wildman–Crippen LogP) is 1.06. The second-order valence-corrected chi connectivity index (χ2v) is 3.56. The molecule has 1 aromatic rings. The number of phenols is 2. The van der Waals surface area contributed by atoms with Gasteiger partial charge in [0.05, 0.1) is 17.8 Å². The van der Waals surface area contributed by atoms with Gasteiger partial charge >= 0.3 is 0 Å². The predicted molar refractivity (Wildman–Crippen MR) is 63.2 cm³/mol. The van der Waals surface area contributed by atoms with E-state index in [1.165, 1.54) is 19.1 Å². The van der Waals surface area contributed by atoms with Crippen LogP contribution >= 0.6 is 0 Å². The molecule has 92 valence electrons. The highest BCUT2D eigenvalue weighted by atomic mass is 16.3. The van der Waals surface area contributed by atoms with Crippen molar-refractivity contribution in [3.8, 4) is 11.5 Å². The summed E-state index contributed by atoms with van der Waals surface area (Å²) in [6.07, 6.45) is -0.270. The molecule has 0 atom stereocenters. The van der Waals surface area contributed by atoms with Gasteiger partial charge in [0.2, 0.25) is 5.91 Å². The summed E-state index contributed by atoms with van der Waals surface area (Å²) in [5.41, 5.74) is 0.403. The van der Waals surface area contributed by atoms with E-state index in [1.807, 2.05) is 0 Å². The Labute approximate surface area is 98.3 Å². The van der Waals surface area contributed by atoms with Crippen LogP contribution in [0, 0.1) is 0 Å². The largest absolute Gasteiger partial charge is 0.506 e. The maximum atomic E-state index is 11.3. The molecule has 0 aromatic heterocycles. The third-order valence-corrected chi connectivity index (χ3v) is 2.07. The van der Waals surface area contributed by atoms with Gasteiger partial charge in [0.25, 0.3) is 0 Å². The molecule has 1 rings (SSSR count). The number of benzene rings is 1. The Hall–Kier alpha value is -2.24. The quantitative estimate of drug-likeness (QED) is 0.357. The lowest BCUT2D eigenvalue weighted by Gasteiger charge is -2.10. The molecule has 0 heterocycles. The molecule has 0 saturated heterocycles. The van der Waals surface area contributed by atoms with Gasteiger partial charge in [-0.05, 0) is 6.92 Å². The lowest BCUT2D eigenvalue weighted by molar-refractivity contribution is -0.124. The van der Waals surface area contributed by atoms with Crippen molar-refractivity contribution in [2.75, 3.05) is 17.7 Å². The summed E-state index contributed by atoms with van der Waals surface area (Å²) in [7, 11) is 1.59. The molecular weight excluding hydrogens is 224 g/mol. The van der Waals surface area contributed by atoms with E-state index in [1.54, 1.807) is 7.05 Å². The molecule has 0 aliphatic heterocycles. The zero-order chi connectivity index (χ0) is 13.0. The third-order valence-electron chi connectivity index (χ3n) is 2.07. The molecule has 1 aromatic carbocycles. The number of amides is 1. The average Bonchev–Trinajstić information content (AvgIpc) is 2.21. The average molecular weight is 238 g/mol. The van der Waals surface area contributed by atoms with E-state index in [0.29, 0.717) is 5.69 Å². The molecule has 0 radical (unpaired) electrons. The van der Waals surface area contributed by atoms with Crippen molar-refractivity contribution in [1.82, 2.24) is 0 Å². The molecule has 6 nitrogen and oxygen atoms in total. The van der Waals surface area contributed by atoms with Crippen LogP contribution in [0.5, 0.6) is 11.5 Å². The minimum atomic E-state index is -0.538. The van der Waals surface area contributed by atoms with Crippen LogP contribution in [0.15, 0.2) is 12.1 Å². The Bertz CT molecular complexity index is 457. The third kappa shape index (κ3) is 3.37. The number of Topliss-reactive ketones (excluding diaryl/α,β-unsaturated/α-hetero) is 1. The maximum absolute atomic E-state index is 11.3. The molecular formula is C11H14N2O4. The molecule has 0 aliphatic rings. The molecule has 6 heteroatoms. The molecule has 0 spiro atoms. The number of phenolic OH excluding ortho intramolecular Hbond substituents is 2. The number of anilines is 2. The van der Waals surface area contributed by atoms with Gasteiger partial charge < -0.3 is 20.8 Å². The summed E-state index contributed by atoms with van der Waals surface area (Å²) < 4.78 is 0. The Kier molecular flexibility index (Phi) is 3.92. The number of nitrogens with one attached hydrogen (secondary N) is 2. The van der Waals surface area contributed by atoms with Gasteiger partial charge in [0.1, 0.15) is 17.3 Å². The second kappa shape index (κ2) is 5.20. The van der Waals surface area contributed by atoms with E-state index >= 15 is 0 Å². The number of ketones is 1. The fraction of sp³-hybridized carbons (Fsp3) is 0.273. The van der Waals surface area contributed by atoms with Crippen molar-refractivity contribution >= 4 is 23.1 Å². The van der Waals surface area contributed by atoms with E-state index in [0.717, 1.165) is 0 Å². The smallest absolute Gasteiger partial charge is 0.231 e. The molecule has 0 fully saturated rings. The number of carbonyl (C=O) groups excluding carboxylic acids is 2. The van der Waals surface area contributed by atoms with Gasteiger partial charge in [-0.25, -0.2) is 0 Å². The number of rotatable bonds is 4. The van der Waals surface area contributed by atoms with E-state index in [2.05, 4.69) is 10.6 Å². The maximum Gasteiger partial charge on any atom is 0.231 e. The van der Waals surface area contributed by atoms with Crippen molar-refractivity contribution in [2.45, 2.75) is 13.3 Å². The lowest BCUT2D eigenvalue weighted by atomic mass is 10.2. The van der Waals surface area contributed by atoms with Crippen molar-refractivity contribution in [1.29, 1.82) is 0 Å². The van der Waals surface area contributed by atoms with Crippen molar-refractivity contribution in [2.24, 2.45) is 0 Å². The van der Waals surface area contributed by atoms with E-state index in [4.69, 9.17) is 0 Å². The van der Waals surface area contributed by atoms with Crippen LogP contribution in [0.2, 0.25) is 0 Å². The summed E-state index contributed by atoms with van der Waals surface area (Å²) >= 11 is 0. The SMILES string of the molecule is CNc1cc(O)c(NC(=O)CC(C)=O)cc1O. The van der Waals surface area contributed by atoms with Crippen LogP contribution < -0.4 is 10.6 Å². The van der Waals surface area contributed by atoms with Crippen LogP contribution in [0.25, 0.3) is 0 Å². The highest BCUT2D eigenvalue weighted by Crippen LogP contribution is 2.34. The molecule has 0 bridgehead atoms. The first-order valence-corrected chi connectivity index (χ1v) is 4.97. The zero-order valence-corrected chi connectivity index (χ0v) is 9.57. The van der Waals surface area contributed by atoms with Gasteiger partial charge in [-0.3, -0.25) is 9.59 Å². The summed E-state index contributed by atoms with van der Waals surface area (Å²) in [5.74, 6) is -1.12. The molecule has 0 unspecified atom stereocenters. The molecule has 1 amide bonds. The van der Waals surface area contributed by atoms with Gasteiger partial charge in [-0.15, -0.1) is 0 Å². The van der Waals surface area contributed by atoms with Crippen molar-refractivity contribution in [3.63, 3.8) is 0 Å². The first kappa shape index (κ1) is 12.8. The topological polar surface area (TPSA) is 98.7 Å². The van der Waals surface area contributed by atoms with E-state index in [-0.39, 0.29) is 29.4 Å². The van der Waals surface area contributed by atoms with E-state index < -0.39 is 5.91 Å². The van der Waals surface area contributed by atoms with Crippen LogP contribution in [0.3, 0.4) is 0 Å². The number of hydrogen-bond acceptors (Lipinski definition) is 5. The van der Waals surface area contributed by atoms with Crippen molar-refractivity contribution in [3.05, 3.63) is 12.1 Å². The molecule has 17 heavy (non-hydrogen) atoms. The molecule has 4 N–H and O–H groups in total. The standard InChI is InChI=1S/C11H14N2O4/c1-6(14)3-11(17)13-8-5-9(15)7(12-2)4-10(8)16/h4-5,12,15-16H,3H2,1-2H3,(H,13,17). The highest BCUT2D eigenvalue weighted by Gasteiger charge is 2.11. The number of hydrogen-bond donors (Lipinski definition) is 4. The van der Waals surface area contributed by atoms with Gasteiger partial charge in [0.15, 0.2) is 0 Å². The number of aromatic hydroxyl groups is 2. The minimum absolute atomic E-state index is 0.0627. The Balaban J connectivity index is 2.88. The molecule has 0 aliphatic carbocycles. The number of carbonyl (C=O) groups is 2. The first-order valence-electron chi connectivity index (χ1n) is 4.97. The molecule has 0 saturated carbocycles. The normalized spacial score (nSPS) is 9.76. The van der Waals surface area contributed by atoms with Crippen LogP contribution in [-0.4, -0.2) is 29.0 Å². The van der Waals surface area contributed by atoms with Crippen molar-refractivity contribution < 1.29 is 19.8 Å². The monoisotopic (exact) mass is 238 g/mol. The Morgan fingerprint density at radius 2 is 1.71 bits per heavy atom. The second-order valence-electron chi connectivity index (χ2n) is 3.56. The summed E-state index contributed by atoms with van der Waals surface area (Å²) in [5, 5.41) is 24.1. The zero-order valence-electron chi connectivity index (χ0n) is 9.57. The Morgan fingerprint density at radius 3 is 2.24 bits per heavy atom. The fourth-order valence-corrected chi connectivity index (χ4v) is 1.30. The summed E-state index contributed by atoms with van der Waals surface area (Å²) in [6, 6.07) is 2.48. The first-order chi connectivity index (χ1) is 7.93. The minimum Gasteiger partial charge on any atom is -0.506 e. The van der Waals surface area contributed by atoms with E-state index in [9.17, 15) is 19.8 Å². The van der Waals surface area contributed by atoms with Gasteiger partial charge in [-0.1, -0.05) is 0 Å². The highest BCUT2D eigenvalue weighted by molar-refractivity contribution is 6.04. The van der Waals surface area contributed by atoms with Crippen LogP contribution in [-0.2, 0) is 9.59 Å². The van der Waals surface area contributed by atoms with Gasteiger partial charge in [0, 0.05) is 19.2 Å². The summed E-state index contributed by atoms with van der Waals surface area (Å²) in [6.45, 7) is 1.29. The Morgan fingerprint density at radius 1 is 1.18 bits per heavy atom. The summed E-state index contributed by atoms with van der Waals surface area (Å²) in [4.78, 5) is 22.0. The van der Waals surface area contributed by atoms with Crippen LogP contribution in [0.4, 0.5) is 11.4 Å².